The molecule has 0 saturated heterocycles. The summed E-state index contributed by atoms with van der Waals surface area (Å²) in [5.41, 5.74) is 3.17. The number of phenolic OH excluding ortho intramolecular Hbond substituents is 1. The number of aryl methyl sites for hydroxylation is 1. The van der Waals surface area contributed by atoms with Gasteiger partial charge in [-0.3, -0.25) is 24.0 Å². The molecule has 5 rings (SSSR count). The third-order valence-corrected chi connectivity index (χ3v) is 8.88. The number of nitrogens with two attached hydrogens (primary N) is 1. The number of Topliss-reactive ketones (excluding diaryl/α,β-unsaturated/α-hetero) is 4. The summed E-state index contributed by atoms with van der Waals surface area (Å²) in [6.07, 6.45) is 2.81. The molecule has 3 fully saturated rings. The number of carbonyl (C=O) groups excluding carboxylic acids is 5. The maximum absolute atomic E-state index is 14.2. The number of carbonyl (C=O) groups is 5. The summed E-state index contributed by atoms with van der Waals surface area (Å²) in [6.45, 7) is 4.22. The van der Waals surface area contributed by atoms with Crippen LogP contribution in [0.4, 0.5) is 0 Å². The highest BCUT2D eigenvalue weighted by Gasteiger charge is 2.72. The van der Waals surface area contributed by atoms with Gasteiger partial charge >= 0.3 is 0 Å². The minimum absolute atomic E-state index is 0.0181. The fourth-order valence-corrected chi connectivity index (χ4v) is 6.93. The minimum atomic E-state index is -2.74. The Morgan fingerprint density at radius 1 is 1.11 bits per heavy atom. The van der Waals surface area contributed by atoms with Crippen LogP contribution in [0.1, 0.15) is 54.6 Å². The SMILES string of the molecule is CCNC1C(=O)C(C(N)=O)C(=O)C2(O)C(=O)C3C(=O)c4c(O)ccc(CC)c4CC3(CNC3CC3)CC12. The highest BCUT2D eigenvalue weighted by atomic mass is 16.3. The molecular weight excluding hydrogens is 478 g/mol. The predicted molar refractivity (Wildman–Crippen MR) is 131 cm³/mol. The second-order valence-corrected chi connectivity index (χ2v) is 11.0. The Morgan fingerprint density at radius 2 is 1.81 bits per heavy atom. The van der Waals surface area contributed by atoms with Gasteiger partial charge in [0.05, 0.1) is 17.5 Å². The zero-order valence-corrected chi connectivity index (χ0v) is 21.0. The smallest absolute Gasteiger partial charge is 0.235 e. The molecule has 6 unspecified atom stereocenters. The maximum Gasteiger partial charge on any atom is 0.235 e. The molecular formula is C27H33N3O7. The molecule has 3 saturated carbocycles. The van der Waals surface area contributed by atoms with Crippen LogP contribution < -0.4 is 16.4 Å². The number of likely N-dealkylation sites (N-methyl/N-ethyl adjacent to an activating group) is 1. The number of nitrogens with one attached hydrogen (secondary N) is 2. The maximum atomic E-state index is 14.2. The molecule has 0 spiro atoms. The summed E-state index contributed by atoms with van der Waals surface area (Å²) in [4.78, 5) is 67.1. The zero-order chi connectivity index (χ0) is 26.9. The summed E-state index contributed by atoms with van der Waals surface area (Å²) in [5, 5.41) is 28.9. The number of benzene rings is 1. The largest absolute Gasteiger partial charge is 0.507 e. The van der Waals surface area contributed by atoms with Gasteiger partial charge < -0.3 is 26.6 Å². The van der Waals surface area contributed by atoms with Gasteiger partial charge in [-0.2, -0.15) is 0 Å². The van der Waals surface area contributed by atoms with Crippen molar-refractivity contribution in [2.75, 3.05) is 13.1 Å². The van der Waals surface area contributed by atoms with Gasteiger partial charge in [-0.15, -0.1) is 0 Å². The molecule has 0 aliphatic heterocycles. The highest BCUT2D eigenvalue weighted by Crippen LogP contribution is 2.56. The molecule has 1 aromatic carbocycles. The summed E-state index contributed by atoms with van der Waals surface area (Å²) in [6, 6.07) is 2.26. The Labute approximate surface area is 214 Å². The molecule has 1 aromatic rings. The van der Waals surface area contributed by atoms with E-state index in [-0.39, 0.29) is 43.3 Å². The Morgan fingerprint density at radius 3 is 2.41 bits per heavy atom. The van der Waals surface area contributed by atoms with Gasteiger partial charge in [-0.1, -0.05) is 19.9 Å². The van der Waals surface area contributed by atoms with Crippen LogP contribution in [0, 0.1) is 23.2 Å². The molecule has 4 aliphatic carbocycles. The van der Waals surface area contributed by atoms with Gasteiger partial charge in [0.15, 0.2) is 34.7 Å². The Balaban J connectivity index is 1.71. The molecule has 0 heterocycles. The average molecular weight is 512 g/mol. The van der Waals surface area contributed by atoms with E-state index in [1.807, 2.05) is 6.92 Å². The van der Waals surface area contributed by atoms with Gasteiger partial charge in [0, 0.05) is 23.9 Å². The lowest BCUT2D eigenvalue weighted by atomic mass is 9.46. The van der Waals surface area contributed by atoms with Crippen molar-refractivity contribution in [3.63, 3.8) is 0 Å². The number of rotatable bonds is 7. The van der Waals surface area contributed by atoms with Crippen molar-refractivity contribution in [2.45, 2.75) is 63.6 Å². The van der Waals surface area contributed by atoms with Crippen LogP contribution in [0.5, 0.6) is 5.75 Å². The van der Waals surface area contributed by atoms with Gasteiger partial charge in [0.1, 0.15) is 5.75 Å². The molecule has 0 aromatic heterocycles. The van der Waals surface area contributed by atoms with Gasteiger partial charge in [0.2, 0.25) is 5.91 Å². The molecule has 1 amide bonds. The molecule has 10 heteroatoms. The topological polar surface area (TPSA) is 176 Å². The number of primary amides is 1. The van der Waals surface area contributed by atoms with Crippen molar-refractivity contribution in [2.24, 2.45) is 28.9 Å². The Bertz CT molecular complexity index is 1220. The van der Waals surface area contributed by atoms with Crippen LogP contribution in [0.3, 0.4) is 0 Å². The molecule has 6 atom stereocenters. The van der Waals surface area contributed by atoms with Gasteiger partial charge in [-0.25, -0.2) is 0 Å². The van der Waals surface area contributed by atoms with Crippen LogP contribution in [0.2, 0.25) is 0 Å². The summed E-state index contributed by atoms with van der Waals surface area (Å²) >= 11 is 0. The fourth-order valence-electron chi connectivity index (χ4n) is 6.93. The van der Waals surface area contributed by atoms with Crippen molar-refractivity contribution in [1.29, 1.82) is 0 Å². The van der Waals surface area contributed by atoms with E-state index < -0.39 is 63.9 Å². The molecule has 10 nitrogen and oxygen atoms in total. The standard InChI is InChI=1S/C27H33N3O7/c1-3-12-5-8-16(31)17-14(12)9-26(11-30-13-6-7-13)10-15-20(29-4-2)22(33)18(25(28)36)23(34)27(15,37)24(35)19(26)21(17)32/h5,8,13,15,18-20,29-31,37H,3-4,6-7,9-11H2,1-2H3,(H2,28,36). The quantitative estimate of drug-likeness (QED) is 0.305. The van der Waals surface area contributed by atoms with Crippen molar-refractivity contribution in [3.05, 3.63) is 28.8 Å². The minimum Gasteiger partial charge on any atom is -0.507 e. The van der Waals surface area contributed by atoms with E-state index in [9.17, 15) is 34.2 Å². The van der Waals surface area contributed by atoms with Crippen molar-refractivity contribution in [3.8, 4) is 5.75 Å². The average Bonchev–Trinajstić information content (AvgIpc) is 3.67. The third kappa shape index (κ3) is 3.60. The number of hydrogen-bond donors (Lipinski definition) is 5. The molecule has 37 heavy (non-hydrogen) atoms. The number of hydrogen-bond acceptors (Lipinski definition) is 9. The van der Waals surface area contributed by atoms with Crippen molar-refractivity contribution >= 4 is 29.0 Å². The Kier molecular flexibility index (Phi) is 6.12. The molecule has 0 radical (unpaired) electrons. The lowest BCUT2D eigenvalue weighted by Gasteiger charge is -2.56. The normalized spacial score (nSPS) is 35.1. The van der Waals surface area contributed by atoms with E-state index in [4.69, 9.17) is 5.73 Å². The lowest BCUT2D eigenvalue weighted by Crippen LogP contribution is -2.76. The van der Waals surface area contributed by atoms with E-state index in [1.165, 1.54) is 6.07 Å². The number of ketones is 4. The third-order valence-electron chi connectivity index (χ3n) is 8.88. The molecule has 4 aliphatic rings. The number of fused-ring (bicyclic) bond motifs is 3. The number of aromatic hydroxyl groups is 1. The first-order valence-electron chi connectivity index (χ1n) is 13.0. The summed E-state index contributed by atoms with van der Waals surface area (Å²) < 4.78 is 0. The van der Waals surface area contributed by atoms with E-state index in [2.05, 4.69) is 10.6 Å². The van der Waals surface area contributed by atoms with E-state index in [0.29, 0.717) is 12.0 Å². The lowest BCUT2D eigenvalue weighted by molar-refractivity contribution is -0.182. The first-order valence-corrected chi connectivity index (χ1v) is 13.0. The van der Waals surface area contributed by atoms with Crippen LogP contribution in [0.25, 0.3) is 0 Å². The summed E-state index contributed by atoms with van der Waals surface area (Å²) in [7, 11) is 0. The number of phenols is 1. The highest BCUT2D eigenvalue weighted by molar-refractivity contribution is 6.32. The molecule has 0 bridgehead atoms. The first-order chi connectivity index (χ1) is 17.5. The van der Waals surface area contributed by atoms with Gasteiger partial charge in [0.25, 0.3) is 0 Å². The van der Waals surface area contributed by atoms with Gasteiger partial charge in [-0.05, 0) is 55.8 Å². The summed E-state index contributed by atoms with van der Waals surface area (Å²) in [5.74, 6) is -9.79. The molecule has 198 valence electrons. The van der Waals surface area contributed by atoms with Crippen molar-refractivity contribution < 1.29 is 34.2 Å². The van der Waals surface area contributed by atoms with Crippen LogP contribution in [-0.2, 0) is 32.0 Å². The van der Waals surface area contributed by atoms with Crippen LogP contribution in [-0.4, -0.2) is 70.0 Å². The number of aliphatic hydroxyl groups is 1. The van der Waals surface area contributed by atoms with Crippen LogP contribution in [0.15, 0.2) is 12.1 Å². The van der Waals surface area contributed by atoms with E-state index >= 15 is 0 Å². The van der Waals surface area contributed by atoms with E-state index in [1.54, 1.807) is 13.0 Å². The van der Waals surface area contributed by atoms with Crippen molar-refractivity contribution in [1.82, 2.24) is 10.6 Å². The second kappa shape index (κ2) is 8.82. The second-order valence-electron chi connectivity index (χ2n) is 11.0. The number of amides is 1. The fraction of sp³-hybridized carbons (Fsp3) is 0.593. The Hall–Kier alpha value is -2.95. The monoisotopic (exact) mass is 511 g/mol. The van der Waals surface area contributed by atoms with Crippen LogP contribution >= 0.6 is 0 Å². The predicted octanol–water partition coefficient (Wildman–Crippen LogP) is -0.400. The van der Waals surface area contributed by atoms with E-state index in [0.717, 1.165) is 18.4 Å². The zero-order valence-electron chi connectivity index (χ0n) is 21.0. The molecule has 6 N–H and O–H groups in total. The first kappa shape index (κ1) is 25.7.